The predicted molar refractivity (Wildman–Crippen MR) is 102 cm³/mol. The number of anilines is 3. The van der Waals surface area contributed by atoms with Crippen molar-refractivity contribution in [1.82, 2.24) is 0 Å². The molecule has 8 heteroatoms. The number of aryl methyl sites for hydroxylation is 1. The van der Waals surface area contributed by atoms with E-state index in [0.717, 1.165) is 5.56 Å². The molecule has 0 saturated heterocycles. The number of rotatable bonds is 3. The van der Waals surface area contributed by atoms with Crippen LogP contribution in [-0.4, -0.2) is 24.3 Å². The van der Waals surface area contributed by atoms with Crippen LogP contribution in [0.4, 0.5) is 16.4 Å². The van der Waals surface area contributed by atoms with Crippen molar-refractivity contribution in [2.75, 3.05) is 22.1 Å². The van der Waals surface area contributed by atoms with Crippen LogP contribution in [0.15, 0.2) is 53.1 Å². The summed E-state index contributed by atoms with van der Waals surface area (Å²) >= 11 is 1.17. The summed E-state index contributed by atoms with van der Waals surface area (Å²) in [5.41, 5.74) is 1.97. The summed E-state index contributed by atoms with van der Waals surface area (Å²) in [5, 5.41) is 6.02. The van der Waals surface area contributed by atoms with Gasteiger partial charge in [-0.25, -0.2) is 0 Å². The molecule has 0 aliphatic carbocycles. The number of furan rings is 1. The van der Waals surface area contributed by atoms with Crippen molar-refractivity contribution < 1.29 is 18.8 Å². The second-order valence-corrected chi connectivity index (χ2v) is 7.06. The number of benzene rings is 1. The Hall–Kier alpha value is -3.39. The molecule has 0 unspecified atom stereocenters. The normalized spacial score (nSPS) is 13.1. The maximum atomic E-state index is 13.1. The van der Waals surface area contributed by atoms with Crippen molar-refractivity contribution in [3.8, 4) is 0 Å². The van der Waals surface area contributed by atoms with Crippen LogP contribution in [0.2, 0.25) is 0 Å². The third kappa shape index (κ3) is 3.22. The van der Waals surface area contributed by atoms with Gasteiger partial charge in [0.25, 0.3) is 11.8 Å². The fourth-order valence-electron chi connectivity index (χ4n) is 2.87. The second kappa shape index (κ2) is 6.73. The van der Waals surface area contributed by atoms with E-state index in [1.165, 1.54) is 22.5 Å². The molecule has 1 aliphatic rings. The topological polar surface area (TPSA) is 91.7 Å². The molecule has 4 rings (SSSR count). The lowest BCUT2D eigenvalue weighted by molar-refractivity contribution is -0.115. The van der Waals surface area contributed by atoms with Gasteiger partial charge in [-0.2, -0.15) is 0 Å². The number of nitrogens with one attached hydrogen (secondary N) is 2. The van der Waals surface area contributed by atoms with Gasteiger partial charge in [0.15, 0.2) is 5.76 Å². The summed E-state index contributed by atoms with van der Waals surface area (Å²) in [5.74, 6) is -0.723. The summed E-state index contributed by atoms with van der Waals surface area (Å²) in [4.78, 5) is 39.1. The van der Waals surface area contributed by atoms with Crippen molar-refractivity contribution in [3.63, 3.8) is 0 Å². The average molecular weight is 381 g/mol. The van der Waals surface area contributed by atoms with E-state index in [-0.39, 0.29) is 30.0 Å². The van der Waals surface area contributed by atoms with Crippen LogP contribution in [0, 0.1) is 6.92 Å². The lowest BCUT2D eigenvalue weighted by atomic mass is 10.1. The molecule has 136 valence electrons. The fraction of sp³-hybridized carbons (Fsp3) is 0.105. The number of nitrogens with zero attached hydrogens (tertiary/aromatic N) is 1. The van der Waals surface area contributed by atoms with E-state index in [9.17, 15) is 14.4 Å². The minimum atomic E-state index is -0.386. The first-order valence-corrected chi connectivity index (χ1v) is 9.00. The van der Waals surface area contributed by atoms with Crippen LogP contribution in [0.1, 0.15) is 25.8 Å². The van der Waals surface area contributed by atoms with Crippen molar-refractivity contribution in [2.24, 2.45) is 0 Å². The SMILES string of the molecule is Cc1cc(NC(=O)c2ccco2)sc1C(=O)N1CC(=O)Nc2ccccc21. The molecular formula is C19H15N3O4S. The number of carbonyl (C=O) groups is 3. The molecule has 3 amide bonds. The van der Waals surface area contributed by atoms with Crippen molar-refractivity contribution >= 4 is 45.4 Å². The number of para-hydroxylation sites is 2. The Morgan fingerprint density at radius 2 is 2.04 bits per heavy atom. The zero-order valence-corrected chi connectivity index (χ0v) is 15.1. The van der Waals surface area contributed by atoms with E-state index in [1.54, 1.807) is 43.3 Å². The molecule has 3 heterocycles. The van der Waals surface area contributed by atoms with Gasteiger partial charge in [0, 0.05) is 0 Å². The van der Waals surface area contributed by atoms with Gasteiger partial charge in [-0.15, -0.1) is 11.3 Å². The lowest BCUT2D eigenvalue weighted by Crippen LogP contribution is -2.42. The molecule has 0 bridgehead atoms. The van der Waals surface area contributed by atoms with Gasteiger partial charge >= 0.3 is 0 Å². The number of fused-ring (bicyclic) bond motifs is 1. The Morgan fingerprint density at radius 3 is 2.81 bits per heavy atom. The second-order valence-electron chi connectivity index (χ2n) is 6.01. The van der Waals surface area contributed by atoms with Crippen LogP contribution >= 0.6 is 11.3 Å². The molecule has 2 aromatic heterocycles. The lowest BCUT2D eigenvalue weighted by Gasteiger charge is -2.28. The highest BCUT2D eigenvalue weighted by Gasteiger charge is 2.29. The third-order valence-electron chi connectivity index (χ3n) is 4.11. The summed E-state index contributed by atoms with van der Waals surface area (Å²) < 4.78 is 5.07. The van der Waals surface area contributed by atoms with Gasteiger partial charge in [-0.1, -0.05) is 12.1 Å². The number of amides is 3. The zero-order valence-electron chi connectivity index (χ0n) is 14.3. The first-order chi connectivity index (χ1) is 13.0. The number of carbonyl (C=O) groups excluding carboxylic acids is 3. The molecule has 1 aliphatic heterocycles. The van der Waals surface area contributed by atoms with E-state index < -0.39 is 0 Å². The van der Waals surface area contributed by atoms with Gasteiger partial charge in [0.1, 0.15) is 6.54 Å². The average Bonchev–Trinajstić information content (AvgIpc) is 3.30. The van der Waals surface area contributed by atoms with Gasteiger partial charge in [-0.05, 0) is 42.8 Å². The van der Waals surface area contributed by atoms with Crippen LogP contribution in [0.3, 0.4) is 0 Å². The van der Waals surface area contributed by atoms with Gasteiger partial charge in [-0.3, -0.25) is 19.3 Å². The molecular weight excluding hydrogens is 366 g/mol. The smallest absolute Gasteiger partial charge is 0.291 e. The number of thiophene rings is 1. The zero-order chi connectivity index (χ0) is 19.0. The fourth-order valence-corrected chi connectivity index (χ4v) is 3.89. The predicted octanol–water partition coefficient (Wildman–Crippen LogP) is 3.50. The van der Waals surface area contributed by atoms with E-state index in [2.05, 4.69) is 10.6 Å². The Bertz CT molecular complexity index is 1040. The van der Waals surface area contributed by atoms with Crippen molar-refractivity contribution in [3.05, 3.63) is 64.9 Å². The highest BCUT2D eigenvalue weighted by Crippen LogP contribution is 2.34. The molecule has 0 saturated carbocycles. The molecule has 0 atom stereocenters. The minimum absolute atomic E-state index is 0.0543. The summed E-state index contributed by atoms with van der Waals surface area (Å²) in [7, 11) is 0. The highest BCUT2D eigenvalue weighted by molar-refractivity contribution is 7.18. The highest BCUT2D eigenvalue weighted by atomic mass is 32.1. The Morgan fingerprint density at radius 1 is 1.22 bits per heavy atom. The van der Waals surface area contributed by atoms with E-state index in [4.69, 9.17) is 4.42 Å². The molecule has 1 aromatic carbocycles. The number of hydrogen-bond donors (Lipinski definition) is 2. The molecule has 0 radical (unpaired) electrons. The standard InChI is InChI=1S/C19H15N3O4S/c1-11-9-16(21-18(24)14-7-4-8-26-14)27-17(11)19(25)22-10-15(23)20-12-5-2-3-6-13(12)22/h2-9H,10H2,1H3,(H,20,23)(H,21,24). The number of hydrogen-bond acceptors (Lipinski definition) is 5. The Labute approximate surface area is 158 Å². The van der Waals surface area contributed by atoms with Crippen molar-refractivity contribution in [1.29, 1.82) is 0 Å². The molecule has 7 nitrogen and oxygen atoms in total. The van der Waals surface area contributed by atoms with Gasteiger partial charge < -0.3 is 15.1 Å². The van der Waals surface area contributed by atoms with Gasteiger partial charge in [0.2, 0.25) is 5.91 Å². The quantitative estimate of drug-likeness (QED) is 0.726. The molecule has 0 fully saturated rings. The molecule has 0 spiro atoms. The van der Waals surface area contributed by atoms with E-state index >= 15 is 0 Å². The third-order valence-corrected chi connectivity index (χ3v) is 5.25. The van der Waals surface area contributed by atoms with E-state index in [0.29, 0.717) is 21.3 Å². The minimum Gasteiger partial charge on any atom is -0.459 e. The van der Waals surface area contributed by atoms with Gasteiger partial charge in [0.05, 0.1) is 27.5 Å². The van der Waals surface area contributed by atoms with Crippen LogP contribution in [0.25, 0.3) is 0 Å². The maximum absolute atomic E-state index is 13.1. The Balaban J connectivity index is 1.61. The van der Waals surface area contributed by atoms with E-state index in [1.807, 2.05) is 6.07 Å². The molecule has 27 heavy (non-hydrogen) atoms. The molecule has 2 N–H and O–H groups in total. The first-order valence-electron chi connectivity index (χ1n) is 8.19. The maximum Gasteiger partial charge on any atom is 0.291 e. The summed E-state index contributed by atoms with van der Waals surface area (Å²) in [6.45, 7) is 1.74. The van der Waals surface area contributed by atoms with Crippen LogP contribution < -0.4 is 15.5 Å². The van der Waals surface area contributed by atoms with Crippen molar-refractivity contribution in [2.45, 2.75) is 6.92 Å². The monoisotopic (exact) mass is 381 g/mol. The largest absolute Gasteiger partial charge is 0.459 e. The first kappa shape index (κ1) is 17.0. The van der Waals surface area contributed by atoms with Crippen LogP contribution in [0.5, 0.6) is 0 Å². The summed E-state index contributed by atoms with van der Waals surface area (Å²) in [6, 6.07) is 12.1. The Kier molecular flexibility index (Phi) is 4.25. The van der Waals surface area contributed by atoms with Crippen LogP contribution in [-0.2, 0) is 4.79 Å². The summed E-state index contributed by atoms with van der Waals surface area (Å²) in [6.07, 6.45) is 1.42. The molecule has 3 aromatic rings.